The van der Waals surface area contributed by atoms with E-state index in [-0.39, 0.29) is 5.78 Å². The summed E-state index contributed by atoms with van der Waals surface area (Å²) in [5, 5.41) is 12.0. The standard InChI is InChI=1S/C16H15NO2/c1-2-17(19)15(13-9-5-3-6-10-13)16(18)14-11-7-4-8-12-14/h2-12,15H,1H3/b17-2-. The molecule has 0 saturated heterocycles. The topological polar surface area (TPSA) is 43.1 Å². The molecule has 3 heteroatoms. The molecule has 0 radical (unpaired) electrons. The van der Waals surface area contributed by atoms with E-state index in [9.17, 15) is 10.0 Å². The first-order valence-electron chi connectivity index (χ1n) is 6.13. The van der Waals surface area contributed by atoms with Gasteiger partial charge in [-0.05, 0) is 0 Å². The van der Waals surface area contributed by atoms with Crippen molar-refractivity contribution >= 4 is 12.0 Å². The fourth-order valence-corrected chi connectivity index (χ4v) is 1.96. The van der Waals surface area contributed by atoms with E-state index in [0.717, 1.165) is 0 Å². The largest absolute Gasteiger partial charge is 0.623 e. The Morgan fingerprint density at radius 3 is 2.11 bits per heavy atom. The van der Waals surface area contributed by atoms with E-state index in [1.54, 1.807) is 43.3 Å². The number of rotatable bonds is 4. The van der Waals surface area contributed by atoms with E-state index in [1.165, 1.54) is 6.21 Å². The van der Waals surface area contributed by atoms with Crippen LogP contribution in [0.15, 0.2) is 60.7 Å². The summed E-state index contributed by atoms with van der Waals surface area (Å²) in [6.45, 7) is 1.63. The van der Waals surface area contributed by atoms with Crippen LogP contribution < -0.4 is 0 Å². The first-order chi connectivity index (χ1) is 9.24. The number of carbonyl (C=O) groups is 1. The normalized spacial score (nSPS) is 13.0. The van der Waals surface area contributed by atoms with Gasteiger partial charge in [0.1, 0.15) is 6.21 Å². The lowest BCUT2D eigenvalue weighted by Crippen LogP contribution is -2.23. The second-order valence-electron chi connectivity index (χ2n) is 4.16. The number of ketones is 1. The predicted octanol–water partition coefficient (Wildman–Crippen LogP) is 3.21. The predicted molar refractivity (Wildman–Crippen MR) is 75.3 cm³/mol. The maximum absolute atomic E-state index is 12.5. The molecule has 1 atom stereocenters. The monoisotopic (exact) mass is 253 g/mol. The number of Topliss-reactive ketones (excluding diaryl/α,β-unsaturated/α-hetero) is 1. The molecule has 0 aliphatic carbocycles. The van der Waals surface area contributed by atoms with Crippen LogP contribution in [0.3, 0.4) is 0 Å². The van der Waals surface area contributed by atoms with Crippen molar-refractivity contribution in [3.8, 4) is 0 Å². The molecule has 19 heavy (non-hydrogen) atoms. The Kier molecular flexibility index (Phi) is 4.08. The highest BCUT2D eigenvalue weighted by Gasteiger charge is 2.28. The number of hydrogen-bond acceptors (Lipinski definition) is 2. The molecule has 0 aliphatic heterocycles. The summed E-state index contributed by atoms with van der Waals surface area (Å²) >= 11 is 0. The minimum atomic E-state index is -0.825. The molecule has 0 aromatic heterocycles. The summed E-state index contributed by atoms with van der Waals surface area (Å²) in [4.78, 5) is 12.5. The highest BCUT2D eigenvalue weighted by Crippen LogP contribution is 2.21. The SMILES string of the molecule is C/C=[N+](\[O-])C(C(=O)c1ccccc1)c1ccccc1. The zero-order chi connectivity index (χ0) is 13.7. The van der Waals surface area contributed by atoms with Gasteiger partial charge in [0.05, 0.1) is 0 Å². The van der Waals surface area contributed by atoms with Gasteiger partial charge in [-0.3, -0.25) is 4.79 Å². The van der Waals surface area contributed by atoms with Crippen LogP contribution in [0.5, 0.6) is 0 Å². The first kappa shape index (κ1) is 13.0. The van der Waals surface area contributed by atoms with Crippen LogP contribution in [0.4, 0.5) is 0 Å². The van der Waals surface area contributed by atoms with E-state index >= 15 is 0 Å². The Morgan fingerprint density at radius 1 is 1.05 bits per heavy atom. The fourth-order valence-electron chi connectivity index (χ4n) is 1.96. The quantitative estimate of drug-likeness (QED) is 0.276. The Balaban J connectivity index is 2.43. The Bertz CT molecular complexity index is 576. The van der Waals surface area contributed by atoms with Gasteiger partial charge in [0.15, 0.2) is 0 Å². The van der Waals surface area contributed by atoms with Gasteiger partial charge in [-0.1, -0.05) is 60.7 Å². The molecule has 0 N–H and O–H groups in total. The van der Waals surface area contributed by atoms with Gasteiger partial charge in [0, 0.05) is 18.1 Å². The maximum atomic E-state index is 12.5. The molecule has 3 nitrogen and oxygen atoms in total. The molecule has 0 saturated carbocycles. The molecule has 2 aromatic carbocycles. The van der Waals surface area contributed by atoms with E-state index in [0.29, 0.717) is 15.9 Å². The van der Waals surface area contributed by atoms with Crippen LogP contribution in [0.2, 0.25) is 0 Å². The minimum Gasteiger partial charge on any atom is -0.623 e. The van der Waals surface area contributed by atoms with Crippen LogP contribution in [0.25, 0.3) is 0 Å². The Labute approximate surface area is 112 Å². The summed E-state index contributed by atoms with van der Waals surface area (Å²) in [7, 11) is 0. The van der Waals surface area contributed by atoms with Crippen LogP contribution >= 0.6 is 0 Å². The zero-order valence-corrected chi connectivity index (χ0v) is 10.7. The minimum absolute atomic E-state index is 0.195. The number of hydroxylamine groups is 1. The molecule has 2 aromatic rings. The van der Waals surface area contributed by atoms with Crippen molar-refractivity contribution < 1.29 is 9.53 Å². The molecular weight excluding hydrogens is 238 g/mol. The van der Waals surface area contributed by atoms with Crippen molar-refractivity contribution in [3.63, 3.8) is 0 Å². The maximum Gasteiger partial charge on any atom is 0.250 e. The van der Waals surface area contributed by atoms with Gasteiger partial charge in [-0.25, -0.2) is 4.74 Å². The van der Waals surface area contributed by atoms with Crippen LogP contribution in [0.1, 0.15) is 28.9 Å². The summed E-state index contributed by atoms with van der Waals surface area (Å²) in [6, 6.07) is 17.1. The average Bonchev–Trinajstić information content (AvgIpc) is 2.49. The molecule has 1 unspecified atom stereocenters. The number of hydrogen-bond donors (Lipinski definition) is 0. The van der Waals surface area contributed by atoms with E-state index in [1.807, 2.05) is 24.3 Å². The summed E-state index contributed by atoms with van der Waals surface area (Å²) < 4.78 is 0.699. The van der Waals surface area contributed by atoms with Gasteiger partial charge >= 0.3 is 0 Å². The molecule has 0 spiro atoms. The van der Waals surface area contributed by atoms with Crippen molar-refractivity contribution in [2.45, 2.75) is 13.0 Å². The van der Waals surface area contributed by atoms with Gasteiger partial charge in [0.2, 0.25) is 5.78 Å². The van der Waals surface area contributed by atoms with Gasteiger partial charge in [-0.15, -0.1) is 0 Å². The third-order valence-corrected chi connectivity index (χ3v) is 2.93. The molecule has 0 fully saturated rings. The number of benzene rings is 2. The average molecular weight is 253 g/mol. The van der Waals surface area contributed by atoms with Crippen molar-refractivity contribution in [3.05, 3.63) is 77.0 Å². The van der Waals surface area contributed by atoms with Crippen molar-refractivity contribution in [1.29, 1.82) is 0 Å². The summed E-state index contributed by atoms with van der Waals surface area (Å²) in [5.41, 5.74) is 1.24. The summed E-state index contributed by atoms with van der Waals surface area (Å²) in [6.07, 6.45) is 1.37. The fraction of sp³-hybridized carbons (Fsp3) is 0.125. The smallest absolute Gasteiger partial charge is 0.250 e. The van der Waals surface area contributed by atoms with Crippen LogP contribution in [-0.4, -0.2) is 16.7 Å². The zero-order valence-electron chi connectivity index (χ0n) is 10.7. The second kappa shape index (κ2) is 5.96. The molecule has 0 heterocycles. The van der Waals surface area contributed by atoms with Gasteiger partial charge in [-0.2, -0.15) is 0 Å². The lowest BCUT2D eigenvalue weighted by molar-refractivity contribution is -0.485. The molecule has 96 valence electrons. The second-order valence-corrected chi connectivity index (χ2v) is 4.16. The lowest BCUT2D eigenvalue weighted by Gasteiger charge is -2.16. The van der Waals surface area contributed by atoms with Crippen molar-refractivity contribution in [2.75, 3.05) is 0 Å². The highest BCUT2D eigenvalue weighted by molar-refractivity contribution is 6.00. The third-order valence-electron chi connectivity index (χ3n) is 2.93. The van der Waals surface area contributed by atoms with Crippen LogP contribution in [-0.2, 0) is 0 Å². The van der Waals surface area contributed by atoms with E-state index < -0.39 is 6.04 Å². The van der Waals surface area contributed by atoms with E-state index in [4.69, 9.17) is 0 Å². The molecular formula is C16H15NO2. The molecule has 0 amide bonds. The Hall–Kier alpha value is -2.42. The number of nitrogens with zero attached hydrogens (tertiary/aromatic N) is 1. The van der Waals surface area contributed by atoms with Gasteiger partial charge < -0.3 is 5.21 Å². The van der Waals surface area contributed by atoms with Crippen LogP contribution in [0, 0.1) is 5.21 Å². The first-order valence-corrected chi connectivity index (χ1v) is 6.13. The molecule has 2 rings (SSSR count). The Morgan fingerprint density at radius 2 is 1.58 bits per heavy atom. The molecule has 0 bridgehead atoms. The van der Waals surface area contributed by atoms with Crippen molar-refractivity contribution in [1.82, 2.24) is 0 Å². The lowest BCUT2D eigenvalue weighted by atomic mass is 9.98. The van der Waals surface area contributed by atoms with E-state index in [2.05, 4.69) is 0 Å². The summed E-state index contributed by atoms with van der Waals surface area (Å²) in [5.74, 6) is -0.195. The molecule has 0 aliphatic rings. The van der Waals surface area contributed by atoms with Gasteiger partial charge in [0.25, 0.3) is 6.04 Å². The highest BCUT2D eigenvalue weighted by atomic mass is 16.5. The number of carbonyl (C=O) groups excluding carboxylic acids is 1. The van der Waals surface area contributed by atoms with Crippen molar-refractivity contribution in [2.24, 2.45) is 0 Å². The third kappa shape index (κ3) is 2.88.